The highest BCUT2D eigenvalue weighted by atomic mass is 35.5. The van der Waals surface area contributed by atoms with Gasteiger partial charge in [-0.3, -0.25) is 4.79 Å². The summed E-state index contributed by atoms with van der Waals surface area (Å²) in [7, 11) is 1.64. The first-order chi connectivity index (χ1) is 8.17. The van der Waals surface area contributed by atoms with Gasteiger partial charge >= 0.3 is 0 Å². The Kier molecular flexibility index (Phi) is 6.40. The number of thioether (sulfide) groups is 1. The average Bonchev–Trinajstić information content (AvgIpc) is 2.34. The summed E-state index contributed by atoms with van der Waals surface area (Å²) in [6.07, 6.45) is 0. The fourth-order valence-corrected chi connectivity index (χ4v) is 2.41. The van der Waals surface area contributed by atoms with Crippen molar-refractivity contribution in [3.8, 4) is 0 Å². The van der Waals surface area contributed by atoms with E-state index in [1.807, 2.05) is 18.2 Å². The third kappa shape index (κ3) is 4.98. The van der Waals surface area contributed by atoms with E-state index in [2.05, 4.69) is 17.6 Å². The highest BCUT2D eigenvalue weighted by Gasteiger charge is 2.06. The van der Waals surface area contributed by atoms with Crippen LogP contribution in [0, 0.1) is 0 Å². The second-order valence-electron chi connectivity index (χ2n) is 3.49. The predicted octanol–water partition coefficient (Wildman–Crippen LogP) is 2.29. The summed E-state index contributed by atoms with van der Waals surface area (Å²) in [5, 5.41) is 6.59. The largest absolute Gasteiger partial charge is 0.358 e. The Balaban J connectivity index is 2.71. The minimum atomic E-state index is 0.0272. The fraction of sp³-hybridized carbons (Fsp3) is 0.417. The van der Waals surface area contributed by atoms with E-state index in [0.29, 0.717) is 5.75 Å². The van der Waals surface area contributed by atoms with Crippen molar-refractivity contribution in [1.82, 2.24) is 10.6 Å². The maximum atomic E-state index is 11.2. The van der Waals surface area contributed by atoms with Crippen LogP contribution in [-0.2, 0) is 11.3 Å². The minimum absolute atomic E-state index is 0.0272. The summed E-state index contributed by atoms with van der Waals surface area (Å²) < 4.78 is 0. The number of nitrogens with one attached hydrogen (secondary N) is 2. The zero-order valence-electron chi connectivity index (χ0n) is 10.0. The van der Waals surface area contributed by atoms with E-state index in [0.717, 1.165) is 28.6 Å². The molecule has 1 rings (SSSR count). The molecule has 0 bridgehead atoms. The Hall–Kier alpha value is -0.710. The van der Waals surface area contributed by atoms with Crippen LogP contribution in [0.4, 0.5) is 0 Å². The van der Waals surface area contributed by atoms with Gasteiger partial charge in [-0.15, -0.1) is 11.8 Å². The molecule has 0 saturated heterocycles. The average molecular weight is 273 g/mol. The number of benzene rings is 1. The molecule has 0 aromatic heterocycles. The quantitative estimate of drug-likeness (QED) is 0.781. The van der Waals surface area contributed by atoms with Gasteiger partial charge in [-0.05, 0) is 30.3 Å². The molecule has 5 heteroatoms. The maximum Gasteiger partial charge on any atom is 0.230 e. The summed E-state index contributed by atoms with van der Waals surface area (Å²) in [6, 6.07) is 5.75. The monoisotopic (exact) mass is 272 g/mol. The Labute approximate surface area is 111 Å². The second kappa shape index (κ2) is 7.58. The van der Waals surface area contributed by atoms with Crippen LogP contribution in [-0.4, -0.2) is 25.3 Å². The van der Waals surface area contributed by atoms with Crippen molar-refractivity contribution in [1.29, 1.82) is 0 Å². The third-order valence-electron chi connectivity index (χ3n) is 2.23. The third-order valence-corrected chi connectivity index (χ3v) is 3.58. The van der Waals surface area contributed by atoms with Gasteiger partial charge in [-0.2, -0.15) is 0 Å². The van der Waals surface area contributed by atoms with E-state index in [1.165, 1.54) is 11.8 Å². The topological polar surface area (TPSA) is 41.1 Å². The molecule has 3 nitrogen and oxygen atoms in total. The highest BCUT2D eigenvalue weighted by molar-refractivity contribution is 8.00. The van der Waals surface area contributed by atoms with Crippen LogP contribution in [0.2, 0.25) is 5.02 Å². The lowest BCUT2D eigenvalue weighted by atomic mass is 10.2. The normalized spacial score (nSPS) is 10.3. The molecule has 0 fully saturated rings. The number of hydrogen-bond donors (Lipinski definition) is 2. The van der Waals surface area contributed by atoms with Crippen LogP contribution >= 0.6 is 23.4 Å². The first-order valence-electron chi connectivity index (χ1n) is 5.50. The molecule has 0 aliphatic carbocycles. The first-order valence-corrected chi connectivity index (χ1v) is 6.86. The van der Waals surface area contributed by atoms with Gasteiger partial charge < -0.3 is 10.6 Å². The molecule has 1 amide bonds. The molecule has 0 saturated carbocycles. The zero-order valence-corrected chi connectivity index (χ0v) is 11.6. The van der Waals surface area contributed by atoms with Crippen molar-refractivity contribution in [3.63, 3.8) is 0 Å². The van der Waals surface area contributed by atoms with E-state index < -0.39 is 0 Å². The van der Waals surface area contributed by atoms with Crippen molar-refractivity contribution in [2.24, 2.45) is 0 Å². The van der Waals surface area contributed by atoms with E-state index in [-0.39, 0.29) is 5.91 Å². The summed E-state index contributed by atoms with van der Waals surface area (Å²) in [4.78, 5) is 12.3. The maximum absolute atomic E-state index is 11.2. The lowest BCUT2D eigenvalue weighted by molar-refractivity contribution is -0.118. The van der Waals surface area contributed by atoms with Gasteiger partial charge in [0.2, 0.25) is 5.91 Å². The SMILES string of the molecule is CCNCc1cc(Cl)ccc1SCC(=O)NC. The predicted molar refractivity (Wildman–Crippen MR) is 73.6 cm³/mol. The van der Waals surface area contributed by atoms with Crippen molar-refractivity contribution >= 4 is 29.3 Å². The fourth-order valence-electron chi connectivity index (χ4n) is 1.30. The molecule has 0 aliphatic heterocycles. The van der Waals surface area contributed by atoms with E-state index >= 15 is 0 Å². The van der Waals surface area contributed by atoms with Crippen LogP contribution in [0.25, 0.3) is 0 Å². The molecule has 1 aromatic rings. The highest BCUT2D eigenvalue weighted by Crippen LogP contribution is 2.25. The lowest BCUT2D eigenvalue weighted by Gasteiger charge is -2.09. The van der Waals surface area contributed by atoms with Crippen LogP contribution in [0.5, 0.6) is 0 Å². The number of halogens is 1. The summed E-state index contributed by atoms with van der Waals surface area (Å²) in [5.41, 5.74) is 1.13. The lowest BCUT2D eigenvalue weighted by Crippen LogP contribution is -2.20. The van der Waals surface area contributed by atoms with Crippen LogP contribution in [0.3, 0.4) is 0 Å². The molecule has 1 aromatic carbocycles. The molecule has 0 atom stereocenters. The van der Waals surface area contributed by atoms with Gasteiger partial charge in [0.15, 0.2) is 0 Å². The summed E-state index contributed by atoms with van der Waals surface area (Å²) >= 11 is 7.50. The van der Waals surface area contributed by atoms with E-state index in [9.17, 15) is 4.79 Å². The number of hydrogen-bond acceptors (Lipinski definition) is 3. The second-order valence-corrected chi connectivity index (χ2v) is 4.95. The van der Waals surface area contributed by atoms with Crippen molar-refractivity contribution in [2.75, 3.05) is 19.3 Å². The summed E-state index contributed by atoms with van der Waals surface area (Å²) in [5.74, 6) is 0.455. The molecule has 0 unspecified atom stereocenters. The molecule has 94 valence electrons. The van der Waals surface area contributed by atoms with Crippen LogP contribution in [0.1, 0.15) is 12.5 Å². The van der Waals surface area contributed by atoms with Gasteiger partial charge in [0.1, 0.15) is 0 Å². The Morgan fingerprint density at radius 1 is 1.47 bits per heavy atom. The number of carbonyl (C=O) groups is 1. The van der Waals surface area contributed by atoms with Gasteiger partial charge in [-0.1, -0.05) is 18.5 Å². The van der Waals surface area contributed by atoms with Crippen molar-refractivity contribution in [2.45, 2.75) is 18.4 Å². The zero-order chi connectivity index (χ0) is 12.7. The van der Waals surface area contributed by atoms with Gasteiger partial charge in [0, 0.05) is 23.5 Å². The minimum Gasteiger partial charge on any atom is -0.358 e. The molecular weight excluding hydrogens is 256 g/mol. The van der Waals surface area contributed by atoms with Gasteiger partial charge in [0.05, 0.1) is 5.75 Å². The van der Waals surface area contributed by atoms with Gasteiger partial charge in [0.25, 0.3) is 0 Å². The molecule has 2 N–H and O–H groups in total. The summed E-state index contributed by atoms with van der Waals surface area (Å²) in [6.45, 7) is 3.74. The standard InChI is InChI=1S/C12H17ClN2OS/c1-3-15-7-9-6-10(13)4-5-11(9)17-8-12(16)14-2/h4-6,15H,3,7-8H2,1-2H3,(H,14,16). The van der Waals surface area contributed by atoms with Gasteiger partial charge in [-0.25, -0.2) is 0 Å². The smallest absolute Gasteiger partial charge is 0.230 e. The molecular formula is C12H17ClN2OS. The van der Waals surface area contributed by atoms with Crippen molar-refractivity contribution < 1.29 is 4.79 Å². The molecule has 0 aliphatic rings. The van der Waals surface area contributed by atoms with E-state index in [4.69, 9.17) is 11.6 Å². The molecule has 0 heterocycles. The molecule has 17 heavy (non-hydrogen) atoms. The van der Waals surface area contributed by atoms with Crippen molar-refractivity contribution in [3.05, 3.63) is 28.8 Å². The Morgan fingerprint density at radius 2 is 2.24 bits per heavy atom. The first kappa shape index (κ1) is 14.4. The van der Waals surface area contributed by atoms with Crippen LogP contribution < -0.4 is 10.6 Å². The van der Waals surface area contributed by atoms with E-state index in [1.54, 1.807) is 7.05 Å². The molecule has 0 radical (unpaired) electrons. The Morgan fingerprint density at radius 3 is 2.88 bits per heavy atom. The number of carbonyl (C=O) groups excluding carboxylic acids is 1. The van der Waals surface area contributed by atoms with Crippen LogP contribution in [0.15, 0.2) is 23.1 Å². The number of rotatable bonds is 6. The number of amides is 1. The Bertz CT molecular complexity index is 385. The molecule has 0 spiro atoms.